The third kappa shape index (κ3) is 3.67. The molecule has 0 bridgehead atoms. The molecule has 0 saturated heterocycles. The molecular weight excluding hydrogens is 230 g/mol. The zero-order chi connectivity index (χ0) is 12.0. The van der Waals surface area contributed by atoms with Crippen LogP contribution in [0.5, 0.6) is 0 Å². The zero-order valence-corrected chi connectivity index (χ0v) is 9.71. The van der Waals surface area contributed by atoms with Crippen LogP contribution in [0.2, 0.25) is 5.02 Å². The van der Waals surface area contributed by atoms with E-state index in [0.717, 1.165) is 19.5 Å². The number of nitrogens with zero attached hydrogens (tertiary/aromatic N) is 1. The first kappa shape index (κ1) is 12.7. The average molecular weight is 244 g/mol. The van der Waals surface area contributed by atoms with Crippen molar-refractivity contribution in [3.8, 4) is 0 Å². The summed E-state index contributed by atoms with van der Waals surface area (Å²) in [5, 5.41) is 15.0. The fraction of sp³-hybridized carbons (Fsp3) is 0.400. The normalized spacial score (nSPS) is 10.1. The van der Waals surface area contributed by atoms with Crippen LogP contribution in [0.3, 0.4) is 0 Å². The molecule has 3 N–H and O–H groups in total. The number of carboxylic acids is 1. The third-order valence-corrected chi connectivity index (χ3v) is 2.26. The van der Waals surface area contributed by atoms with E-state index in [1.165, 1.54) is 6.07 Å². The van der Waals surface area contributed by atoms with Crippen LogP contribution < -0.4 is 10.6 Å². The first-order valence-electron chi connectivity index (χ1n) is 4.93. The monoisotopic (exact) mass is 243 g/mol. The van der Waals surface area contributed by atoms with Gasteiger partial charge in [-0.1, -0.05) is 11.6 Å². The van der Waals surface area contributed by atoms with E-state index in [1.54, 1.807) is 6.07 Å². The van der Waals surface area contributed by atoms with E-state index in [2.05, 4.69) is 15.6 Å². The highest BCUT2D eigenvalue weighted by atomic mass is 35.5. The van der Waals surface area contributed by atoms with Crippen molar-refractivity contribution in [1.82, 2.24) is 10.3 Å². The number of carbonyl (C=O) groups is 1. The summed E-state index contributed by atoms with van der Waals surface area (Å²) in [6.07, 6.45) is 0.934. The van der Waals surface area contributed by atoms with Crippen molar-refractivity contribution in [1.29, 1.82) is 0 Å². The molecule has 1 aromatic heterocycles. The molecule has 0 amide bonds. The number of hydrogen-bond acceptors (Lipinski definition) is 4. The minimum atomic E-state index is -1.12. The van der Waals surface area contributed by atoms with E-state index < -0.39 is 5.97 Å². The number of aromatic nitrogens is 1. The Morgan fingerprint density at radius 3 is 2.88 bits per heavy atom. The molecule has 0 spiro atoms. The minimum absolute atomic E-state index is 0.125. The summed E-state index contributed by atoms with van der Waals surface area (Å²) in [4.78, 5) is 14.7. The van der Waals surface area contributed by atoms with E-state index in [1.807, 2.05) is 7.05 Å². The SMILES string of the molecule is CNCCCNc1ccc(Cl)c(C(=O)O)n1. The number of pyridine rings is 1. The first-order valence-corrected chi connectivity index (χ1v) is 5.31. The lowest BCUT2D eigenvalue weighted by molar-refractivity contribution is 0.0691. The summed E-state index contributed by atoms with van der Waals surface area (Å²) in [7, 11) is 1.88. The van der Waals surface area contributed by atoms with E-state index >= 15 is 0 Å². The van der Waals surface area contributed by atoms with Crippen LogP contribution in [0, 0.1) is 0 Å². The maximum absolute atomic E-state index is 10.8. The second kappa shape index (κ2) is 6.30. The van der Waals surface area contributed by atoms with Gasteiger partial charge in [0, 0.05) is 6.54 Å². The molecule has 0 atom stereocenters. The van der Waals surface area contributed by atoms with Crippen LogP contribution in [0.1, 0.15) is 16.9 Å². The third-order valence-electron chi connectivity index (χ3n) is 1.96. The predicted octanol–water partition coefficient (Wildman–Crippen LogP) is 1.45. The molecule has 1 heterocycles. The second-order valence-corrected chi connectivity index (χ2v) is 3.62. The van der Waals surface area contributed by atoms with E-state index in [0.29, 0.717) is 5.82 Å². The molecule has 0 aliphatic rings. The lowest BCUT2D eigenvalue weighted by Crippen LogP contribution is -2.14. The molecule has 0 saturated carbocycles. The van der Waals surface area contributed by atoms with Gasteiger partial charge < -0.3 is 15.7 Å². The number of hydrogen-bond donors (Lipinski definition) is 3. The maximum atomic E-state index is 10.8. The number of anilines is 1. The highest BCUT2D eigenvalue weighted by molar-refractivity contribution is 6.33. The molecule has 1 rings (SSSR count). The second-order valence-electron chi connectivity index (χ2n) is 3.22. The summed E-state index contributed by atoms with van der Waals surface area (Å²) in [5.74, 6) is -0.596. The Bertz CT molecular complexity index is 371. The van der Waals surface area contributed by atoms with Crippen LogP contribution in [0.15, 0.2) is 12.1 Å². The van der Waals surface area contributed by atoms with Gasteiger partial charge >= 0.3 is 5.97 Å². The molecular formula is C10H14ClN3O2. The van der Waals surface area contributed by atoms with Crippen LogP contribution in [0.25, 0.3) is 0 Å². The number of rotatable bonds is 6. The molecule has 0 aromatic carbocycles. The number of aromatic carboxylic acids is 1. The van der Waals surface area contributed by atoms with Gasteiger partial charge in [0.1, 0.15) is 5.82 Å². The largest absolute Gasteiger partial charge is 0.476 e. The fourth-order valence-corrected chi connectivity index (χ4v) is 1.36. The van der Waals surface area contributed by atoms with Gasteiger partial charge in [-0.25, -0.2) is 9.78 Å². The maximum Gasteiger partial charge on any atom is 0.356 e. The van der Waals surface area contributed by atoms with Crippen molar-refractivity contribution < 1.29 is 9.90 Å². The van der Waals surface area contributed by atoms with Gasteiger partial charge in [-0.05, 0) is 32.1 Å². The van der Waals surface area contributed by atoms with Crippen LogP contribution >= 0.6 is 11.6 Å². The van der Waals surface area contributed by atoms with E-state index in [9.17, 15) is 4.79 Å². The average Bonchev–Trinajstić information content (AvgIpc) is 2.26. The lowest BCUT2D eigenvalue weighted by Gasteiger charge is -2.06. The summed E-state index contributed by atoms with van der Waals surface area (Å²) in [5.41, 5.74) is -0.125. The predicted molar refractivity (Wildman–Crippen MR) is 63.2 cm³/mol. The van der Waals surface area contributed by atoms with Crippen molar-refractivity contribution in [2.24, 2.45) is 0 Å². The molecule has 16 heavy (non-hydrogen) atoms. The van der Waals surface area contributed by atoms with Gasteiger partial charge in [-0.15, -0.1) is 0 Å². The van der Waals surface area contributed by atoms with Gasteiger partial charge in [0.2, 0.25) is 0 Å². The molecule has 88 valence electrons. The van der Waals surface area contributed by atoms with E-state index in [4.69, 9.17) is 16.7 Å². The van der Waals surface area contributed by atoms with Gasteiger partial charge in [0.25, 0.3) is 0 Å². The molecule has 0 aliphatic heterocycles. The molecule has 1 aromatic rings. The van der Waals surface area contributed by atoms with Crippen molar-refractivity contribution in [3.63, 3.8) is 0 Å². The highest BCUT2D eigenvalue weighted by Gasteiger charge is 2.10. The Morgan fingerprint density at radius 2 is 2.25 bits per heavy atom. The molecule has 0 aliphatic carbocycles. The van der Waals surface area contributed by atoms with Crippen LogP contribution in [-0.4, -0.2) is 36.2 Å². The van der Waals surface area contributed by atoms with Gasteiger partial charge in [-0.3, -0.25) is 0 Å². The quantitative estimate of drug-likeness (QED) is 0.660. The van der Waals surface area contributed by atoms with Crippen LogP contribution in [0.4, 0.5) is 5.82 Å². The van der Waals surface area contributed by atoms with Crippen molar-refractivity contribution in [3.05, 3.63) is 22.8 Å². The number of nitrogens with one attached hydrogen (secondary N) is 2. The smallest absolute Gasteiger partial charge is 0.356 e. The standard InChI is InChI=1S/C10H14ClN3O2/c1-12-5-2-6-13-8-4-3-7(11)9(14-8)10(15)16/h3-4,12H,2,5-6H2,1H3,(H,13,14)(H,15,16). The summed E-state index contributed by atoms with van der Waals surface area (Å²) in [6.45, 7) is 1.63. The fourth-order valence-electron chi connectivity index (χ4n) is 1.17. The summed E-state index contributed by atoms with van der Waals surface area (Å²) < 4.78 is 0. The summed E-state index contributed by atoms with van der Waals surface area (Å²) in [6, 6.07) is 3.19. The Hall–Kier alpha value is -1.33. The van der Waals surface area contributed by atoms with E-state index in [-0.39, 0.29) is 10.7 Å². The van der Waals surface area contributed by atoms with Crippen molar-refractivity contribution >= 4 is 23.4 Å². The van der Waals surface area contributed by atoms with Gasteiger partial charge in [-0.2, -0.15) is 0 Å². The summed E-state index contributed by atoms with van der Waals surface area (Å²) >= 11 is 5.69. The Kier molecular flexibility index (Phi) is 5.01. The zero-order valence-electron chi connectivity index (χ0n) is 8.96. The number of carboxylic acid groups (broad SMARTS) is 1. The molecule has 0 radical (unpaired) electrons. The Morgan fingerprint density at radius 1 is 1.50 bits per heavy atom. The van der Waals surface area contributed by atoms with Crippen molar-refractivity contribution in [2.45, 2.75) is 6.42 Å². The Balaban J connectivity index is 2.61. The van der Waals surface area contributed by atoms with Gasteiger partial charge in [0.05, 0.1) is 5.02 Å². The first-order chi connectivity index (χ1) is 7.65. The Labute approximate surface area is 98.8 Å². The molecule has 6 heteroatoms. The van der Waals surface area contributed by atoms with Gasteiger partial charge in [0.15, 0.2) is 5.69 Å². The molecule has 0 unspecified atom stereocenters. The minimum Gasteiger partial charge on any atom is -0.476 e. The van der Waals surface area contributed by atoms with Crippen molar-refractivity contribution in [2.75, 3.05) is 25.5 Å². The highest BCUT2D eigenvalue weighted by Crippen LogP contribution is 2.16. The topological polar surface area (TPSA) is 74.2 Å². The molecule has 0 fully saturated rings. The lowest BCUT2D eigenvalue weighted by atomic mass is 10.3. The van der Waals surface area contributed by atoms with Crippen LogP contribution in [-0.2, 0) is 0 Å². The number of halogens is 1. The molecule has 5 nitrogen and oxygen atoms in total.